The van der Waals surface area contributed by atoms with Gasteiger partial charge in [0.2, 0.25) is 0 Å². The molecule has 0 aliphatic heterocycles. The fourth-order valence-corrected chi connectivity index (χ4v) is 1.24. The number of aryl methyl sites for hydroxylation is 1. The quantitative estimate of drug-likeness (QED) is 0.640. The third-order valence-corrected chi connectivity index (χ3v) is 2.36. The van der Waals surface area contributed by atoms with Gasteiger partial charge in [-0.2, -0.15) is 0 Å². The van der Waals surface area contributed by atoms with Gasteiger partial charge in [0.05, 0.1) is 6.61 Å². The Morgan fingerprint density at radius 2 is 2.21 bits per heavy atom. The SMILES string of the molecule is CCC(CO)Nc1ccc(C)c(N)c1. The number of anilines is 2. The van der Waals surface area contributed by atoms with Gasteiger partial charge in [-0.05, 0) is 31.0 Å². The molecule has 1 unspecified atom stereocenters. The minimum atomic E-state index is 0.108. The van der Waals surface area contributed by atoms with E-state index in [9.17, 15) is 0 Å². The van der Waals surface area contributed by atoms with E-state index in [0.717, 1.165) is 23.4 Å². The fourth-order valence-electron chi connectivity index (χ4n) is 1.24. The molecule has 1 atom stereocenters. The Morgan fingerprint density at radius 1 is 1.50 bits per heavy atom. The van der Waals surface area contributed by atoms with Gasteiger partial charge in [0.25, 0.3) is 0 Å². The van der Waals surface area contributed by atoms with Gasteiger partial charge in [-0.15, -0.1) is 0 Å². The first kappa shape index (κ1) is 10.9. The lowest BCUT2D eigenvalue weighted by molar-refractivity contribution is 0.272. The molecule has 0 fully saturated rings. The van der Waals surface area contributed by atoms with Crippen molar-refractivity contribution in [3.05, 3.63) is 23.8 Å². The summed E-state index contributed by atoms with van der Waals surface area (Å²) in [4.78, 5) is 0. The average molecular weight is 194 g/mol. The Bertz CT molecular complexity index is 295. The van der Waals surface area contributed by atoms with Crippen molar-refractivity contribution in [1.82, 2.24) is 0 Å². The Balaban J connectivity index is 2.72. The van der Waals surface area contributed by atoms with Gasteiger partial charge in [0, 0.05) is 17.4 Å². The molecular weight excluding hydrogens is 176 g/mol. The number of aliphatic hydroxyl groups excluding tert-OH is 1. The van der Waals surface area contributed by atoms with Gasteiger partial charge in [-0.1, -0.05) is 13.0 Å². The molecule has 0 amide bonds. The highest BCUT2D eigenvalue weighted by molar-refractivity contribution is 5.58. The first-order chi connectivity index (χ1) is 6.67. The van der Waals surface area contributed by atoms with Crippen molar-refractivity contribution < 1.29 is 5.11 Å². The molecule has 0 aliphatic rings. The molecule has 1 rings (SSSR count). The molecule has 0 saturated carbocycles. The Labute approximate surface area is 84.9 Å². The molecule has 78 valence electrons. The van der Waals surface area contributed by atoms with Crippen LogP contribution in [0.3, 0.4) is 0 Å². The number of nitrogens with two attached hydrogens (primary N) is 1. The lowest BCUT2D eigenvalue weighted by Gasteiger charge is -2.16. The van der Waals surface area contributed by atoms with Crippen LogP contribution < -0.4 is 11.1 Å². The maximum Gasteiger partial charge on any atom is 0.0632 e. The highest BCUT2D eigenvalue weighted by atomic mass is 16.3. The number of nitrogens with one attached hydrogen (secondary N) is 1. The van der Waals surface area contributed by atoms with Crippen LogP contribution in [-0.4, -0.2) is 17.8 Å². The Hall–Kier alpha value is -1.22. The lowest BCUT2D eigenvalue weighted by atomic mass is 10.1. The minimum Gasteiger partial charge on any atom is -0.398 e. The standard InChI is InChI=1S/C11H18N2O/c1-3-9(7-14)13-10-5-4-8(2)11(12)6-10/h4-6,9,13-14H,3,7,12H2,1-2H3. The van der Waals surface area contributed by atoms with Crippen molar-refractivity contribution in [1.29, 1.82) is 0 Å². The monoisotopic (exact) mass is 194 g/mol. The Kier molecular flexibility index (Phi) is 3.77. The van der Waals surface area contributed by atoms with Crippen molar-refractivity contribution in [2.24, 2.45) is 0 Å². The average Bonchev–Trinajstić information content (AvgIpc) is 2.19. The number of benzene rings is 1. The second-order valence-electron chi connectivity index (χ2n) is 3.50. The number of hydrogen-bond acceptors (Lipinski definition) is 3. The number of nitrogen functional groups attached to an aromatic ring is 1. The highest BCUT2D eigenvalue weighted by Crippen LogP contribution is 2.17. The van der Waals surface area contributed by atoms with Crippen molar-refractivity contribution in [2.75, 3.05) is 17.7 Å². The van der Waals surface area contributed by atoms with E-state index in [2.05, 4.69) is 5.32 Å². The molecule has 0 radical (unpaired) electrons. The van der Waals surface area contributed by atoms with Crippen molar-refractivity contribution >= 4 is 11.4 Å². The van der Waals surface area contributed by atoms with Gasteiger partial charge < -0.3 is 16.2 Å². The van der Waals surface area contributed by atoms with E-state index in [1.165, 1.54) is 0 Å². The molecule has 1 aromatic rings. The van der Waals surface area contributed by atoms with Gasteiger partial charge in [-0.3, -0.25) is 0 Å². The molecule has 0 saturated heterocycles. The van der Waals surface area contributed by atoms with E-state index in [0.29, 0.717) is 0 Å². The van der Waals surface area contributed by atoms with E-state index in [4.69, 9.17) is 10.8 Å². The van der Waals surface area contributed by atoms with Crippen LogP contribution in [0.4, 0.5) is 11.4 Å². The van der Waals surface area contributed by atoms with Crippen LogP contribution in [0, 0.1) is 6.92 Å². The second kappa shape index (κ2) is 4.86. The summed E-state index contributed by atoms with van der Waals surface area (Å²) in [6, 6.07) is 5.96. The molecule has 14 heavy (non-hydrogen) atoms. The topological polar surface area (TPSA) is 58.3 Å². The van der Waals surface area contributed by atoms with E-state index in [-0.39, 0.29) is 12.6 Å². The summed E-state index contributed by atoms with van der Waals surface area (Å²) in [6.45, 7) is 4.15. The van der Waals surface area contributed by atoms with Gasteiger partial charge >= 0.3 is 0 Å². The first-order valence-corrected chi connectivity index (χ1v) is 4.91. The molecule has 0 bridgehead atoms. The predicted octanol–water partition coefficient (Wildman–Crippen LogP) is 1.76. The van der Waals surface area contributed by atoms with Crippen molar-refractivity contribution in [3.63, 3.8) is 0 Å². The van der Waals surface area contributed by atoms with Crippen LogP contribution in [0.2, 0.25) is 0 Å². The summed E-state index contributed by atoms with van der Waals surface area (Å²) in [7, 11) is 0. The third kappa shape index (κ3) is 2.64. The molecule has 0 aliphatic carbocycles. The zero-order valence-electron chi connectivity index (χ0n) is 8.75. The molecule has 0 heterocycles. The lowest BCUT2D eigenvalue weighted by Crippen LogP contribution is -2.22. The fraction of sp³-hybridized carbons (Fsp3) is 0.455. The molecule has 0 spiro atoms. The summed E-state index contributed by atoms with van der Waals surface area (Å²) in [5, 5.41) is 12.2. The maximum absolute atomic E-state index is 9.02. The third-order valence-electron chi connectivity index (χ3n) is 2.36. The molecule has 4 N–H and O–H groups in total. The van der Waals surface area contributed by atoms with Crippen LogP contribution in [0.1, 0.15) is 18.9 Å². The number of rotatable bonds is 4. The molecule has 3 heteroatoms. The van der Waals surface area contributed by atoms with Crippen LogP contribution in [-0.2, 0) is 0 Å². The largest absolute Gasteiger partial charge is 0.398 e. The summed E-state index contributed by atoms with van der Waals surface area (Å²) in [5.41, 5.74) is 8.60. The van der Waals surface area contributed by atoms with Crippen LogP contribution in [0.25, 0.3) is 0 Å². The van der Waals surface area contributed by atoms with Gasteiger partial charge in [0.1, 0.15) is 0 Å². The zero-order chi connectivity index (χ0) is 10.6. The first-order valence-electron chi connectivity index (χ1n) is 4.91. The molecule has 0 aromatic heterocycles. The van der Waals surface area contributed by atoms with Gasteiger partial charge in [0.15, 0.2) is 0 Å². The summed E-state index contributed by atoms with van der Waals surface area (Å²) >= 11 is 0. The second-order valence-corrected chi connectivity index (χ2v) is 3.50. The maximum atomic E-state index is 9.02. The van der Waals surface area contributed by atoms with E-state index in [1.54, 1.807) is 0 Å². The molecule has 1 aromatic carbocycles. The van der Waals surface area contributed by atoms with Crippen LogP contribution >= 0.6 is 0 Å². The predicted molar refractivity (Wildman–Crippen MR) is 60.4 cm³/mol. The normalized spacial score (nSPS) is 12.5. The summed E-state index contributed by atoms with van der Waals surface area (Å²) in [5.74, 6) is 0. The van der Waals surface area contributed by atoms with E-state index < -0.39 is 0 Å². The highest BCUT2D eigenvalue weighted by Gasteiger charge is 2.04. The van der Waals surface area contributed by atoms with E-state index >= 15 is 0 Å². The number of aliphatic hydroxyl groups is 1. The van der Waals surface area contributed by atoms with Crippen molar-refractivity contribution in [3.8, 4) is 0 Å². The minimum absolute atomic E-state index is 0.108. The molecular formula is C11H18N2O. The Morgan fingerprint density at radius 3 is 2.71 bits per heavy atom. The van der Waals surface area contributed by atoms with Crippen LogP contribution in [0.15, 0.2) is 18.2 Å². The van der Waals surface area contributed by atoms with Gasteiger partial charge in [-0.25, -0.2) is 0 Å². The smallest absolute Gasteiger partial charge is 0.0632 e. The van der Waals surface area contributed by atoms with Crippen LogP contribution in [0.5, 0.6) is 0 Å². The van der Waals surface area contributed by atoms with E-state index in [1.807, 2.05) is 32.0 Å². The van der Waals surface area contributed by atoms with Crippen molar-refractivity contribution in [2.45, 2.75) is 26.3 Å². The summed E-state index contributed by atoms with van der Waals surface area (Å²) in [6.07, 6.45) is 0.893. The molecule has 3 nitrogen and oxygen atoms in total. The zero-order valence-corrected chi connectivity index (χ0v) is 8.75. The number of hydrogen-bond donors (Lipinski definition) is 3. The summed E-state index contributed by atoms with van der Waals surface area (Å²) < 4.78 is 0.